The highest BCUT2D eigenvalue weighted by molar-refractivity contribution is 6.29. The van der Waals surface area contributed by atoms with E-state index in [1.54, 1.807) is 0 Å². The van der Waals surface area contributed by atoms with Crippen LogP contribution < -0.4 is 5.32 Å². The zero-order valence-corrected chi connectivity index (χ0v) is 12.4. The highest BCUT2D eigenvalue weighted by Gasteiger charge is 2.14. The van der Waals surface area contributed by atoms with Gasteiger partial charge in [-0.1, -0.05) is 35.4 Å². The zero-order chi connectivity index (χ0) is 14.7. The SMILES string of the molecule is Cc1ccc(C)c(C(C)NC(=O)c2cncc(Cl)n2)c1. The Kier molecular flexibility index (Phi) is 4.35. The normalized spacial score (nSPS) is 12.0. The fourth-order valence-corrected chi connectivity index (χ4v) is 2.17. The van der Waals surface area contributed by atoms with Crippen LogP contribution in [-0.4, -0.2) is 15.9 Å². The molecule has 0 spiro atoms. The van der Waals surface area contributed by atoms with Crippen LogP contribution in [0.15, 0.2) is 30.6 Å². The summed E-state index contributed by atoms with van der Waals surface area (Å²) in [5.74, 6) is -0.284. The number of amides is 1. The molecule has 0 aliphatic carbocycles. The molecule has 0 aliphatic heterocycles. The molecule has 1 atom stereocenters. The van der Waals surface area contributed by atoms with E-state index in [1.807, 2.05) is 26.8 Å². The highest BCUT2D eigenvalue weighted by atomic mass is 35.5. The van der Waals surface area contributed by atoms with Crippen LogP contribution in [0.5, 0.6) is 0 Å². The maximum absolute atomic E-state index is 12.1. The zero-order valence-electron chi connectivity index (χ0n) is 11.6. The van der Waals surface area contributed by atoms with Gasteiger partial charge in [-0.05, 0) is 31.9 Å². The molecule has 2 aromatic rings. The predicted molar refractivity (Wildman–Crippen MR) is 78.8 cm³/mol. The van der Waals surface area contributed by atoms with Crippen LogP contribution in [-0.2, 0) is 0 Å². The molecular weight excluding hydrogens is 274 g/mol. The molecule has 1 amide bonds. The van der Waals surface area contributed by atoms with Crippen molar-refractivity contribution in [3.05, 3.63) is 58.1 Å². The van der Waals surface area contributed by atoms with E-state index in [1.165, 1.54) is 12.4 Å². The lowest BCUT2D eigenvalue weighted by Gasteiger charge is -2.17. The number of aromatic nitrogens is 2. The van der Waals surface area contributed by atoms with Gasteiger partial charge in [0, 0.05) is 0 Å². The molecule has 1 heterocycles. The molecule has 4 nitrogen and oxygen atoms in total. The molecule has 1 aromatic heterocycles. The first-order chi connectivity index (χ1) is 9.47. The number of benzene rings is 1. The summed E-state index contributed by atoms with van der Waals surface area (Å²) in [6.07, 6.45) is 2.80. The predicted octanol–water partition coefficient (Wildman–Crippen LogP) is 3.24. The lowest BCUT2D eigenvalue weighted by molar-refractivity contribution is 0.0934. The summed E-state index contributed by atoms with van der Waals surface area (Å²) in [7, 11) is 0. The van der Waals surface area contributed by atoms with Crippen LogP contribution >= 0.6 is 11.6 Å². The van der Waals surface area contributed by atoms with E-state index in [2.05, 4.69) is 27.4 Å². The Bertz CT molecular complexity index is 643. The van der Waals surface area contributed by atoms with Crippen molar-refractivity contribution in [3.8, 4) is 0 Å². The summed E-state index contributed by atoms with van der Waals surface area (Å²) >= 11 is 5.73. The number of aryl methyl sites for hydroxylation is 2. The van der Waals surface area contributed by atoms with Gasteiger partial charge in [-0.25, -0.2) is 4.98 Å². The van der Waals surface area contributed by atoms with Gasteiger partial charge in [-0.15, -0.1) is 0 Å². The molecule has 1 N–H and O–H groups in total. The molecule has 0 saturated carbocycles. The molecular formula is C15H16ClN3O. The Morgan fingerprint density at radius 1 is 1.30 bits per heavy atom. The fourth-order valence-electron chi connectivity index (χ4n) is 2.03. The molecule has 1 unspecified atom stereocenters. The van der Waals surface area contributed by atoms with Crippen molar-refractivity contribution in [1.82, 2.24) is 15.3 Å². The van der Waals surface area contributed by atoms with E-state index < -0.39 is 0 Å². The molecule has 5 heteroatoms. The first-order valence-corrected chi connectivity index (χ1v) is 6.70. The molecule has 0 fully saturated rings. The van der Waals surface area contributed by atoms with Gasteiger partial charge < -0.3 is 5.32 Å². The standard InChI is InChI=1S/C15H16ClN3O/c1-9-4-5-10(2)12(6-9)11(3)18-15(20)13-7-17-8-14(16)19-13/h4-8,11H,1-3H3,(H,18,20). The first kappa shape index (κ1) is 14.5. The van der Waals surface area contributed by atoms with Gasteiger partial charge >= 0.3 is 0 Å². The molecule has 0 aliphatic rings. The second kappa shape index (κ2) is 6.01. The Hall–Kier alpha value is -1.94. The number of carbonyl (C=O) groups is 1. The summed E-state index contributed by atoms with van der Waals surface area (Å²) < 4.78 is 0. The van der Waals surface area contributed by atoms with Gasteiger partial charge in [0.25, 0.3) is 5.91 Å². The van der Waals surface area contributed by atoms with E-state index >= 15 is 0 Å². The lowest BCUT2D eigenvalue weighted by Crippen LogP contribution is -2.28. The molecule has 0 radical (unpaired) electrons. The highest BCUT2D eigenvalue weighted by Crippen LogP contribution is 2.19. The molecule has 20 heavy (non-hydrogen) atoms. The third kappa shape index (κ3) is 3.33. The molecule has 1 aromatic carbocycles. The minimum absolute atomic E-state index is 0.108. The van der Waals surface area contributed by atoms with Gasteiger partial charge in [0.2, 0.25) is 0 Å². The summed E-state index contributed by atoms with van der Waals surface area (Å²) in [4.78, 5) is 19.9. The van der Waals surface area contributed by atoms with Crippen LogP contribution in [0.2, 0.25) is 5.15 Å². The van der Waals surface area contributed by atoms with Gasteiger partial charge in [0.1, 0.15) is 10.8 Å². The summed E-state index contributed by atoms with van der Waals surface area (Å²) in [5.41, 5.74) is 3.61. The molecule has 0 bridgehead atoms. The number of nitrogens with zero attached hydrogens (tertiary/aromatic N) is 2. The Balaban J connectivity index is 2.17. The van der Waals surface area contributed by atoms with Crippen LogP contribution in [0, 0.1) is 13.8 Å². The Morgan fingerprint density at radius 2 is 2.05 bits per heavy atom. The van der Waals surface area contributed by atoms with E-state index in [4.69, 9.17) is 11.6 Å². The van der Waals surface area contributed by atoms with Crippen molar-refractivity contribution in [2.45, 2.75) is 26.8 Å². The quantitative estimate of drug-likeness (QED) is 0.944. The van der Waals surface area contributed by atoms with Crippen molar-refractivity contribution in [2.75, 3.05) is 0 Å². The van der Waals surface area contributed by atoms with Crippen molar-refractivity contribution < 1.29 is 4.79 Å². The van der Waals surface area contributed by atoms with Crippen molar-refractivity contribution in [1.29, 1.82) is 0 Å². The topological polar surface area (TPSA) is 54.9 Å². The smallest absolute Gasteiger partial charge is 0.272 e. The monoisotopic (exact) mass is 289 g/mol. The van der Waals surface area contributed by atoms with E-state index in [-0.39, 0.29) is 22.8 Å². The third-order valence-electron chi connectivity index (χ3n) is 3.09. The molecule has 104 valence electrons. The molecule has 2 rings (SSSR count). The molecule has 0 saturated heterocycles. The number of nitrogens with one attached hydrogen (secondary N) is 1. The largest absolute Gasteiger partial charge is 0.344 e. The van der Waals surface area contributed by atoms with Crippen molar-refractivity contribution >= 4 is 17.5 Å². The van der Waals surface area contributed by atoms with Crippen molar-refractivity contribution in [3.63, 3.8) is 0 Å². The summed E-state index contributed by atoms with van der Waals surface area (Å²) in [6, 6.07) is 6.06. The van der Waals surface area contributed by atoms with Crippen LogP contribution in [0.1, 0.15) is 40.1 Å². The maximum atomic E-state index is 12.1. The van der Waals surface area contributed by atoms with Crippen LogP contribution in [0.3, 0.4) is 0 Å². The number of halogens is 1. The van der Waals surface area contributed by atoms with Gasteiger partial charge in [-0.3, -0.25) is 9.78 Å². The summed E-state index contributed by atoms with van der Waals surface area (Å²) in [5, 5.41) is 3.11. The average molecular weight is 290 g/mol. The van der Waals surface area contributed by atoms with Gasteiger partial charge in [-0.2, -0.15) is 0 Å². The maximum Gasteiger partial charge on any atom is 0.272 e. The first-order valence-electron chi connectivity index (χ1n) is 6.33. The second-order valence-electron chi connectivity index (χ2n) is 4.78. The lowest BCUT2D eigenvalue weighted by atomic mass is 10.00. The van der Waals surface area contributed by atoms with Crippen molar-refractivity contribution in [2.24, 2.45) is 0 Å². The minimum Gasteiger partial charge on any atom is -0.344 e. The number of hydrogen-bond acceptors (Lipinski definition) is 3. The fraction of sp³-hybridized carbons (Fsp3) is 0.267. The summed E-state index contributed by atoms with van der Waals surface area (Å²) in [6.45, 7) is 5.99. The Morgan fingerprint density at radius 3 is 2.75 bits per heavy atom. The number of hydrogen-bond donors (Lipinski definition) is 1. The van der Waals surface area contributed by atoms with Crippen LogP contribution in [0.25, 0.3) is 0 Å². The van der Waals surface area contributed by atoms with Gasteiger partial charge in [0.05, 0.1) is 18.4 Å². The van der Waals surface area contributed by atoms with E-state index in [9.17, 15) is 4.79 Å². The van der Waals surface area contributed by atoms with Crippen LogP contribution in [0.4, 0.5) is 0 Å². The average Bonchev–Trinajstić information content (AvgIpc) is 2.41. The van der Waals surface area contributed by atoms with E-state index in [0.29, 0.717) is 0 Å². The number of rotatable bonds is 3. The van der Waals surface area contributed by atoms with E-state index in [0.717, 1.165) is 16.7 Å². The van der Waals surface area contributed by atoms with Gasteiger partial charge in [0.15, 0.2) is 0 Å². The third-order valence-corrected chi connectivity index (χ3v) is 3.27. The minimum atomic E-state index is -0.284. The number of carbonyl (C=O) groups excluding carboxylic acids is 1. The Labute approximate surface area is 123 Å². The second-order valence-corrected chi connectivity index (χ2v) is 5.17.